The molecule has 2 N–H and O–H groups in total. The number of aliphatic hydroxyl groups is 1. The molecule has 1 atom stereocenters. The average molecular weight is 246 g/mol. The van der Waals surface area contributed by atoms with Crippen LogP contribution < -0.4 is 5.32 Å². The van der Waals surface area contributed by atoms with Gasteiger partial charge in [0, 0.05) is 6.54 Å². The van der Waals surface area contributed by atoms with Crippen molar-refractivity contribution in [1.29, 1.82) is 0 Å². The molecule has 0 radical (unpaired) electrons. The van der Waals surface area contributed by atoms with Crippen LogP contribution in [0, 0.1) is 0 Å². The van der Waals surface area contributed by atoms with Crippen LogP contribution in [0.2, 0.25) is 0 Å². The second-order valence-corrected chi connectivity index (χ2v) is 3.82. The Bertz CT molecular complexity index is 484. The van der Waals surface area contributed by atoms with Gasteiger partial charge in [0.2, 0.25) is 5.91 Å². The number of aliphatic hydroxyl groups excluding tert-OH is 1. The largest absolute Gasteiger partial charge is 0.387 e. The van der Waals surface area contributed by atoms with Gasteiger partial charge in [0.1, 0.15) is 19.2 Å². The van der Waals surface area contributed by atoms with Gasteiger partial charge in [0.25, 0.3) is 0 Å². The Labute approximate surface area is 104 Å². The molecule has 0 fully saturated rings. The van der Waals surface area contributed by atoms with Gasteiger partial charge in [-0.05, 0) is 5.56 Å². The van der Waals surface area contributed by atoms with Gasteiger partial charge in [-0.15, -0.1) is 0 Å². The Hall–Kier alpha value is -2.21. The van der Waals surface area contributed by atoms with Gasteiger partial charge in [-0.25, -0.2) is 9.67 Å². The molecule has 0 spiro atoms. The van der Waals surface area contributed by atoms with Crippen molar-refractivity contribution in [3.63, 3.8) is 0 Å². The standard InChI is InChI=1S/C12H14N4O2/c17-11(10-4-2-1-3-5-10)6-14-12(18)7-16-9-13-8-15-16/h1-5,8-9,11,17H,6-7H2,(H,14,18). The molecular weight excluding hydrogens is 232 g/mol. The van der Waals surface area contributed by atoms with E-state index in [0.717, 1.165) is 5.56 Å². The molecule has 0 aliphatic heterocycles. The molecule has 0 aliphatic carbocycles. The van der Waals surface area contributed by atoms with E-state index in [0.29, 0.717) is 0 Å². The molecule has 0 saturated heterocycles. The van der Waals surface area contributed by atoms with Gasteiger partial charge in [-0.3, -0.25) is 4.79 Å². The Morgan fingerprint density at radius 3 is 2.83 bits per heavy atom. The molecule has 6 heteroatoms. The first-order valence-electron chi connectivity index (χ1n) is 5.58. The van der Waals surface area contributed by atoms with Crippen LogP contribution in [0.4, 0.5) is 0 Å². The van der Waals surface area contributed by atoms with Gasteiger partial charge in [-0.2, -0.15) is 5.10 Å². The lowest BCUT2D eigenvalue weighted by Gasteiger charge is -2.12. The van der Waals surface area contributed by atoms with E-state index >= 15 is 0 Å². The third kappa shape index (κ3) is 3.39. The molecule has 6 nitrogen and oxygen atoms in total. The maximum absolute atomic E-state index is 11.5. The second kappa shape index (κ2) is 5.92. The highest BCUT2D eigenvalue weighted by Crippen LogP contribution is 2.10. The highest BCUT2D eigenvalue weighted by Gasteiger charge is 2.09. The van der Waals surface area contributed by atoms with Crippen LogP contribution in [0.5, 0.6) is 0 Å². The molecule has 1 heterocycles. The predicted molar refractivity (Wildman–Crippen MR) is 64.4 cm³/mol. The number of carbonyl (C=O) groups excluding carboxylic acids is 1. The van der Waals surface area contributed by atoms with Crippen LogP contribution in [0.3, 0.4) is 0 Å². The highest BCUT2D eigenvalue weighted by molar-refractivity contribution is 5.75. The molecule has 1 aromatic heterocycles. The van der Waals surface area contributed by atoms with E-state index in [1.807, 2.05) is 30.3 Å². The molecule has 0 aliphatic rings. The summed E-state index contributed by atoms with van der Waals surface area (Å²) in [6.45, 7) is 0.277. The van der Waals surface area contributed by atoms with E-state index in [1.54, 1.807) is 0 Å². The van der Waals surface area contributed by atoms with Gasteiger partial charge in [0.15, 0.2) is 0 Å². The number of carbonyl (C=O) groups is 1. The topological polar surface area (TPSA) is 80.0 Å². The summed E-state index contributed by atoms with van der Waals surface area (Å²) in [7, 11) is 0. The number of nitrogens with zero attached hydrogens (tertiary/aromatic N) is 3. The number of nitrogens with one attached hydrogen (secondary N) is 1. The number of aromatic nitrogens is 3. The summed E-state index contributed by atoms with van der Waals surface area (Å²) in [4.78, 5) is 15.3. The quantitative estimate of drug-likeness (QED) is 0.785. The zero-order valence-electron chi connectivity index (χ0n) is 9.73. The van der Waals surface area contributed by atoms with Gasteiger partial charge < -0.3 is 10.4 Å². The molecule has 18 heavy (non-hydrogen) atoms. The van der Waals surface area contributed by atoms with Gasteiger partial charge in [-0.1, -0.05) is 30.3 Å². The predicted octanol–water partition coefficient (Wildman–Crippen LogP) is 0.128. The summed E-state index contributed by atoms with van der Waals surface area (Å²) >= 11 is 0. The van der Waals surface area contributed by atoms with Crippen molar-refractivity contribution in [1.82, 2.24) is 20.1 Å². The molecule has 1 amide bonds. The smallest absolute Gasteiger partial charge is 0.241 e. The van der Waals surface area contributed by atoms with Crippen LogP contribution >= 0.6 is 0 Å². The fourth-order valence-corrected chi connectivity index (χ4v) is 1.52. The van der Waals surface area contributed by atoms with Crippen LogP contribution in [-0.2, 0) is 11.3 Å². The fourth-order valence-electron chi connectivity index (χ4n) is 1.52. The Balaban J connectivity index is 1.79. The second-order valence-electron chi connectivity index (χ2n) is 3.82. The average Bonchev–Trinajstić information content (AvgIpc) is 2.90. The number of hydrogen-bond donors (Lipinski definition) is 2. The molecule has 2 rings (SSSR count). The highest BCUT2D eigenvalue weighted by atomic mass is 16.3. The number of hydrogen-bond acceptors (Lipinski definition) is 4. The lowest BCUT2D eigenvalue weighted by molar-refractivity contribution is -0.122. The minimum atomic E-state index is -0.703. The summed E-state index contributed by atoms with van der Waals surface area (Å²) in [5.41, 5.74) is 0.776. The van der Waals surface area contributed by atoms with Crippen LogP contribution in [0.1, 0.15) is 11.7 Å². The minimum absolute atomic E-state index is 0.0987. The van der Waals surface area contributed by atoms with Gasteiger partial charge >= 0.3 is 0 Å². The zero-order valence-corrected chi connectivity index (χ0v) is 9.73. The molecular formula is C12H14N4O2. The normalized spacial score (nSPS) is 12.1. The van der Waals surface area contributed by atoms with E-state index in [4.69, 9.17) is 0 Å². The number of amides is 1. The van der Waals surface area contributed by atoms with E-state index < -0.39 is 6.10 Å². The number of benzene rings is 1. The first-order valence-corrected chi connectivity index (χ1v) is 5.58. The summed E-state index contributed by atoms with van der Waals surface area (Å²) in [5, 5.41) is 16.3. The summed E-state index contributed by atoms with van der Waals surface area (Å²) in [6, 6.07) is 9.19. The SMILES string of the molecule is O=C(Cn1cncn1)NCC(O)c1ccccc1. The molecule has 0 saturated carbocycles. The van der Waals surface area contributed by atoms with Crippen LogP contribution in [0.15, 0.2) is 43.0 Å². The van der Waals surface area contributed by atoms with E-state index in [2.05, 4.69) is 15.4 Å². The fraction of sp³-hybridized carbons (Fsp3) is 0.250. The number of rotatable bonds is 5. The van der Waals surface area contributed by atoms with Crippen molar-refractivity contribution in [3.8, 4) is 0 Å². The molecule has 1 unspecified atom stereocenters. The Morgan fingerprint density at radius 1 is 1.39 bits per heavy atom. The summed E-state index contributed by atoms with van der Waals surface area (Å²) in [6.07, 6.45) is 2.13. The van der Waals surface area contributed by atoms with Crippen LogP contribution in [-0.4, -0.2) is 32.3 Å². The van der Waals surface area contributed by atoms with Crippen molar-refractivity contribution in [2.45, 2.75) is 12.6 Å². The lowest BCUT2D eigenvalue weighted by Crippen LogP contribution is -2.31. The van der Waals surface area contributed by atoms with E-state index in [1.165, 1.54) is 17.3 Å². The van der Waals surface area contributed by atoms with Crippen molar-refractivity contribution in [2.75, 3.05) is 6.54 Å². The maximum atomic E-state index is 11.5. The molecule has 2 aromatic rings. The van der Waals surface area contributed by atoms with E-state index in [9.17, 15) is 9.90 Å². The first-order chi connectivity index (χ1) is 8.75. The van der Waals surface area contributed by atoms with Crippen molar-refractivity contribution in [3.05, 3.63) is 48.5 Å². The van der Waals surface area contributed by atoms with Crippen molar-refractivity contribution in [2.24, 2.45) is 0 Å². The minimum Gasteiger partial charge on any atom is -0.387 e. The first kappa shape index (κ1) is 12.3. The zero-order chi connectivity index (χ0) is 12.8. The summed E-state index contributed by atoms with van der Waals surface area (Å²) in [5.74, 6) is -0.213. The molecule has 1 aromatic carbocycles. The Kier molecular flexibility index (Phi) is 4.03. The van der Waals surface area contributed by atoms with Crippen LogP contribution in [0.25, 0.3) is 0 Å². The lowest BCUT2D eigenvalue weighted by atomic mass is 10.1. The third-order valence-electron chi connectivity index (χ3n) is 2.45. The molecule has 94 valence electrons. The van der Waals surface area contributed by atoms with Crippen molar-refractivity contribution >= 4 is 5.91 Å². The molecule has 0 bridgehead atoms. The third-order valence-corrected chi connectivity index (χ3v) is 2.45. The van der Waals surface area contributed by atoms with E-state index in [-0.39, 0.29) is 19.0 Å². The monoisotopic (exact) mass is 246 g/mol. The Morgan fingerprint density at radius 2 is 2.17 bits per heavy atom. The maximum Gasteiger partial charge on any atom is 0.241 e. The van der Waals surface area contributed by atoms with Crippen molar-refractivity contribution < 1.29 is 9.90 Å². The van der Waals surface area contributed by atoms with Gasteiger partial charge in [0.05, 0.1) is 6.10 Å². The summed E-state index contributed by atoms with van der Waals surface area (Å²) < 4.78 is 1.42.